The third kappa shape index (κ3) is 14.9. The highest BCUT2D eigenvalue weighted by atomic mass is 16.6. The molecule has 4 aromatic rings. The summed E-state index contributed by atoms with van der Waals surface area (Å²) in [5.41, 5.74) is 3.54. The van der Waals surface area contributed by atoms with Gasteiger partial charge in [-0.15, -0.1) is 13.2 Å². The third-order valence-corrected chi connectivity index (χ3v) is 8.80. The summed E-state index contributed by atoms with van der Waals surface area (Å²) in [7, 11) is 0. The molecular weight excluding hydrogens is 711 g/mol. The van der Waals surface area contributed by atoms with Crippen LogP contribution in [0.2, 0.25) is 0 Å². The van der Waals surface area contributed by atoms with Gasteiger partial charge in [0.2, 0.25) is 11.8 Å². The van der Waals surface area contributed by atoms with Crippen LogP contribution in [0.1, 0.15) is 41.5 Å². The summed E-state index contributed by atoms with van der Waals surface area (Å²) in [6, 6.07) is 33.9. The lowest BCUT2D eigenvalue weighted by atomic mass is 9.97. The normalized spacial score (nSPS) is 12.2. The second-order valence-corrected chi connectivity index (χ2v) is 13.2. The van der Waals surface area contributed by atoms with E-state index in [1.165, 1.54) is 11.0 Å². The number of carbonyl (C=O) groups is 4. The first kappa shape index (κ1) is 42.5. The van der Waals surface area contributed by atoms with E-state index < -0.39 is 36.0 Å². The van der Waals surface area contributed by atoms with E-state index >= 15 is 0 Å². The summed E-state index contributed by atoms with van der Waals surface area (Å²) in [5, 5.41) is 15.2. The Hall–Kier alpha value is -6.20. The SMILES string of the molecule is C=CC[C@H](CC(=O)N(CCO)Cc1ccccc1)C(=O)N[C@H](COC(=O)[C@@H](CC=C)NC(=O)OCc1ccccc1)Cc1ccc(OCc2ccccc2)cc1. The van der Waals surface area contributed by atoms with E-state index in [-0.39, 0.29) is 64.5 Å². The number of rotatable bonds is 23. The summed E-state index contributed by atoms with van der Waals surface area (Å²) in [6.07, 6.45) is 2.72. The molecule has 0 saturated carbocycles. The number of ether oxygens (including phenoxy) is 3. The number of alkyl carbamates (subject to hydrolysis) is 1. The summed E-state index contributed by atoms with van der Waals surface area (Å²) in [6.45, 7) is 7.85. The quantitative estimate of drug-likeness (QED) is 0.0590. The van der Waals surface area contributed by atoms with Crippen LogP contribution in [0.3, 0.4) is 0 Å². The van der Waals surface area contributed by atoms with Crippen molar-refractivity contribution in [3.05, 3.63) is 163 Å². The van der Waals surface area contributed by atoms with E-state index in [0.29, 0.717) is 12.4 Å². The van der Waals surface area contributed by atoms with Crippen LogP contribution >= 0.6 is 0 Å². The number of benzene rings is 4. The van der Waals surface area contributed by atoms with E-state index in [4.69, 9.17) is 14.2 Å². The Kier molecular flexibility index (Phi) is 17.9. The third-order valence-electron chi connectivity index (χ3n) is 8.80. The van der Waals surface area contributed by atoms with Gasteiger partial charge < -0.3 is 34.9 Å². The molecule has 0 unspecified atom stereocenters. The van der Waals surface area contributed by atoms with Gasteiger partial charge in [0.25, 0.3) is 0 Å². The Morgan fingerprint density at radius 2 is 1.29 bits per heavy atom. The highest BCUT2D eigenvalue weighted by Crippen LogP contribution is 2.18. The minimum Gasteiger partial charge on any atom is -0.489 e. The number of amides is 3. The maximum absolute atomic E-state index is 13.9. The van der Waals surface area contributed by atoms with Crippen molar-refractivity contribution in [2.45, 2.75) is 57.5 Å². The van der Waals surface area contributed by atoms with Gasteiger partial charge in [0.15, 0.2) is 0 Å². The van der Waals surface area contributed by atoms with Gasteiger partial charge in [-0.3, -0.25) is 9.59 Å². The lowest BCUT2D eigenvalue weighted by Crippen LogP contribution is -2.46. The van der Waals surface area contributed by atoms with Crippen LogP contribution in [0, 0.1) is 5.92 Å². The topological polar surface area (TPSA) is 143 Å². The molecule has 0 aliphatic carbocycles. The van der Waals surface area contributed by atoms with Gasteiger partial charge in [-0.2, -0.15) is 0 Å². The summed E-state index contributed by atoms with van der Waals surface area (Å²) in [5.74, 6) is -1.57. The molecule has 0 bridgehead atoms. The highest BCUT2D eigenvalue weighted by molar-refractivity contribution is 5.86. The lowest BCUT2D eigenvalue weighted by Gasteiger charge is -2.26. The minimum absolute atomic E-state index is 0.0190. The zero-order chi connectivity index (χ0) is 40.0. The second kappa shape index (κ2) is 23.6. The molecular formula is C45H51N3O8. The molecule has 4 aromatic carbocycles. The van der Waals surface area contributed by atoms with Crippen molar-refractivity contribution in [3.8, 4) is 5.75 Å². The molecule has 11 nitrogen and oxygen atoms in total. The van der Waals surface area contributed by atoms with Crippen molar-refractivity contribution in [2.75, 3.05) is 19.8 Å². The first-order valence-electron chi connectivity index (χ1n) is 18.6. The molecule has 0 saturated heterocycles. The number of hydrogen-bond acceptors (Lipinski definition) is 8. The fourth-order valence-electron chi connectivity index (χ4n) is 5.83. The zero-order valence-corrected chi connectivity index (χ0v) is 31.6. The fourth-order valence-corrected chi connectivity index (χ4v) is 5.83. The molecule has 0 spiro atoms. The number of nitrogens with one attached hydrogen (secondary N) is 2. The molecule has 3 atom stereocenters. The maximum atomic E-state index is 13.9. The average molecular weight is 762 g/mol. The van der Waals surface area contributed by atoms with Crippen LogP contribution < -0.4 is 15.4 Å². The number of allylic oxidation sites excluding steroid dienone is 1. The van der Waals surface area contributed by atoms with Crippen LogP contribution in [0.25, 0.3) is 0 Å². The molecule has 0 aliphatic heterocycles. The van der Waals surface area contributed by atoms with Crippen molar-refractivity contribution < 1.29 is 38.5 Å². The van der Waals surface area contributed by atoms with Crippen molar-refractivity contribution >= 4 is 23.9 Å². The fraction of sp³-hybridized carbons (Fsp3) is 0.289. The van der Waals surface area contributed by atoms with Crippen LogP contribution in [-0.2, 0) is 50.0 Å². The molecule has 3 amide bonds. The first-order chi connectivity index (χ1) is 27.3. The predicted molar refractivity (Wildman–Crippen MR) is 214 cm³/mol. The molecule has 294 valence electrons. The van der Waals surface area contributed by atoms with Crippen LogP contribution in [0.15, 0.2) is 141 Å². The van der Waals surface area contributed by atoms with Crippen LogP contribution in [0.4, 0.5) is 4.79 Å². The Bertz CT molecular complexity index is 1820. The summed E-state index contributed by atoms with van der Waals surface area (Å²) in [4.78, 5) is 54.8. The van der Waals surface area contributed by atoms with Gasteiger partial charge in [-0.1, -0.05) is 115 Å². The monoisotopic (exact) mass is 761 g/mol. The van der Waals surface area contributed by atoms with Crippen LogP contribution in [-0.4, -0.2) is 65.7 Å². The van der Waals surface area contributed by atoms with Crippen molar-refractivity contribution in [3.63, 3.8) is 0 Å². The molecule has 0 aromatic heterocycles. The molecule has 0 aliphatic rings. The lowest BCUT2D eigenvalue weighted by molar-refractivity contribution is -0.147. The second-order valence-electron chi connectivity index (χ2n) is 13.2. The van der Waals surface area contributed by atoms with Crippen LogP contribution in [0.5, 0.6) is 5.75 Å². The summed E-state index contributed by atoms with van der Waals surface area (Å²) < 4.78 is 16.9. The standard InChI is InChI=1S/C45H51N3O8/c1-3-14-38(29-42(50)48(26-27-49)30-35-16-8-5-9-17-35)43(51)46-39(28-34-22-24-40(25-23-34)54-31-36-18-10-6-11-19-36)33-55-44(52)41(15-4-2)47-45(53)56-32-37-20-12-7-13-21-37/h3-13,16-25,38-39,41,49H,1-2,14-15,26-33H2,(H,46,51)(H,47,53)/t38-,39+,41-/m1/s1. The number of esters is 1. The highest BCUT2D eigenvalue weighted by Gasteiger charge is 2.28. The van der Waals surface area contributed by atoms with Crippen molar-refractivity contribution in [2.24, 2.45) is 5.92 Å². The number of aliphatic hydroxyl groups is 1. The Morgan fingerprint density at radius 1 is 0.696 bits per heavy atom. The number of hydrogen-bond donors (Lipinski definition) is 3. The van der Waals surface area contributed by atoms with Gasteiger partial charge in [0, 0.05) is 19.5 Å². The molecule has 0 radical (unpaired) electrons. The predicted octanol–water partition coefficient (Wildman–Crippen LogP) is 6.31. The van der Waals surface area contributed by atoms with Gasteiger partial charge in [-0.05, 0) is 53.6 Å². The van der Waals surface area contributed by atoms with Gasteiger partial charge >= 0.3 is 12.1 Å². The Morgan fingerprint density at radius 3 is 1.88 bits per heavy atom. The average Bonchev–Trinajstić information content (AvgIpc) is 3.22. The number of aliphatic hydroxyl groups excluding tert-OH is 1. The minimum atomic E-state index is -1.08. The largest absolute Gasteiger partial charge is 0.489 e. The van der Waals surface area contributed by atoms with E-state index in [0.717, 1.165) is 22.3 Å². The smallest absolute Gasteiger partial charge is 0.408 e. The van der Waals surface area contributed by atoms with E-state index in [1.54, 1.807) is 6.08 Å². The van der Waals surface area contributed by atoms with Gasteiger partial charge in [0.05, 0.1) is 18.6 Å². The zero-order valence-electron chi connectivity index (χ0n) is 31.6. The van der Waals surface area contributed by atoms with E-state index in [9.17, 15) is 24.3 Å². The Balaban J connectivity index is 1.45. The molecule has 56 heavy (non-hydrogen) atoms. The van der Waals surface area contributed by atoms with Gasteiger partial charge in [-0.25, -0.2) is 9.59 Å². The van der Waals surface area contributed by atoms with E-state index in [1.807, 2.05) is 115 Å². The summed E-state index contributed by atoms with van der Waals surface area (Å²) >= 11 is 0. The molecule has 0 heterocycles. The molecule has 4 rings (SSSR count). The molecule has 3 N–H and O–H groups in total. The van der Waals surface area contributed by atoms with E-state index in [2.05, 4.69) is 23.8 Å². The van der Waals surface area contributed by atoms with Gasteiger partial charge in [0.1, 0.15) is 31.6 Å². The molecule has 11 heteroatoms. The first-order valence-corrected chi connectivity index (χ1v) is 18.6. The van der Waals surface area contributed by atoms with Crippen molar-refractivity contribution in [1.82, 2.24) is 15.5 Å². The Labute approximate surface area is 329 Å². The maximum Gasteiger partial charge on any atom is 0.408 e. The number of carbonyl (C=O) groups excluding carboxylic acids is 4. The van der Waals surface area contributed by atoms with Crippen molar-refractivity contribution in [1.29, 1.82) is 0 Å². The molecule has 0 fully saturated rings. The number of nitrogens with zero attached hydrogens (tertiary/aromatic N) is 1.